The minimum absolute atomic E-state index is 0.0863. The summed E-state index contributed by atoms with van der Waals surface area (Å²) in [5.41, 5.74) is 17.0. The van der Waals surface area contributed by atoms with Crippen molar-refractivity contribution in [3.63, 3.8) is 0 Å². The van der Waals surface area contributed by atoms with Crippen molar-refractivity contribution in [3.8, 4) is 0 Å². The monoisotopic (exact) mass is 518 g/mol. The number of nitrogens with two attached hydrogens (primary N) is 3. The molecule has 13 nitrogen and oxygen atoms in total. The topological polar surface area (TPSA) is 221 Å². The minimum atomic E-state index is -0.966. The lowest BCUT2D eigenvalue weighted by atomic mass is 9.85. The molecule has 3 atom stereocenters. The molecule has 1 fully saturated rings. The lowest BCUT2D eigenvalue weighted by Crippen LogP contribution is -2.54. The van der Waals surface area contributed by atoms with Gasteiger partial charge in [-0.1, -0.05) is 32.1 Å². The van der Waals surface area contributed by atoms with E-state index in [-0.39, 0.29) is 24.6 Å². The largest absolute Gasteiger partial charge is 0.370 e. The molecular weight excluding hydrogens is 480 g/mol. The molecule has 0 saturated heterocycles. The maximum atomic E-state index is 12.9. The van der Waals surface area contributed by atoms with Gasteiger partial charge in [0.15, 0.2) is 5.96 Å². The summed E-state index contributed by atoms with van der Waals surface area (Å²) in [6.45, 7) is 1.77. The van der Waals surface area contributed by atoms with Gasteiger partial charge in [0.05, 0.1) is 11.0 Å². The number of amides is 3. The molecule has 0 unspecified atom stereocenters. The van der Waals surface area contributed by atoms with Crippen LogP contribution in [0.5, 0.6) is 0 Å². The minimum Gasteiger partial charge on any atom is -0.370 e. The Balaban J connectivity index is 1.97. The lowest BCUT2D eigenvalue weighted by Gasteiger charge is -2.25. The SMILES string of the molecule is C[C@H](NC(=O)[C@H](N)CC1CCCCC1)C(=O)N[C@@H](CCCN=C(N)N)C(=O)Nc1ccc([N+](=O)[O-])cc1. The number of hydrogen-bond donors (Lipinski definition) is 6. The Bertz CT molecular complexity index is 958. The molecule has 0 aliphatic heterocycles. The van der Waals surface area contributed by atoms with Crippen LogP contribution in [0.25, 0.3) is 0 Å². The number of nitro benzene ring substituents is 1. The number of benzene rings is 1. The average molecular weight is 519 g/mol. The van der Waals surface area contributed by atoms with Crippen molar-refractivity contribution in [3.05, 3.63) is 34.4 Å². The smallest absolute Gasteiger partial charge is 0.269 e. The molecule has 1 aliphatic carbocycles. The predicted molar refractivity (Wildman–Crippen MR) is 140 cm³/mol. The summed E-state index contributed by atoms with van der Waals surface area (Å²) in [6, 6.07) is 2.71. The number of aliphatic imine (C=N–C) groups is 1. The molecule has 1 aliphatic rings. The number of carbonyl (C=O) groups excluding carboxylic acids is 3. The number of carbonyl (C=O) groups is 3. The zero-order valence-corrected chi connectivity index (χ0v) is 21.2. The van der Waals surface area contributed by atoms with Gasteiger partial charge in [-0.15, -0.1) is 0 Å². The molecule has 0 radical (unpaired) electrons. The molecule has 0 spiro atoms. The molecular formula is C24H38N8O5. The fourth-order valence-electron chi connectivity index (χ4n) is 4.24. The summed E-state index contributed by atoms with van der Waals surface area (Å²) in [6.07, 6.45) is 6.79. The molecule has 0 aromatic heterocycles. The molecule has 0 heterocycles. The number of rotatable bonds is 13. The first-order valence-corrected chi connectivity index (χ1v) is 12.5. The van der Waals surface area contributed by atoms with Crippen LogP contribution in [0.3, 0.4) is 0 Å². The normalized spacial score (nSPS) is 16.1. The van der Waals surface area contributed by atoms with Crippen molar-refractivity contribution < 1.29 is 19.3 Å². The second-order valence-electron chi connectivity index (χ2n) is 9.38. The first-order valence-electron chi connectivity index (χ1n) is 12.5. The van der Waals surface area contributed by atoms with Crippen LogP contribution in [-0.4, -0.2) is 53.3 Å². The summed E-state index contributed by atoms with van der Waals surface area (Å²) in [5.74, 6) is -1.16. The van der Waals surface area contributed by atoms with Gasteiger partial charge < -0.3 is 33.2 Å². The molecule has 37 heavy (non-hydrogen) atoms. The maximum Gasteiger partial charge on any atom is 0.269 e. The molecule has 0 bridgehead atoms. The highest BCUT2D eigenvalue weighted by Crippen LogP contribution is 2.27. The first-order chi connectivity index (χ1) is 17.6. The fourth-order valence-corrected chi connectivity index (χ4v) is 4.24. The fraction of sp³-hybridized carbons (Fsp3) is 0.583. The van der Waals surface area contributed by atoms with E-state index in [1.54, 1.807) is 0 Å². The van der Waals surface area contributed by atoms with E-state index in [1.165, 1.54) is 37.6 Å². The van der Waals surface area contributed by atoms with Crippen LogP contribution in [0, 0.1) is 16.0 Å². The molecule has 1 saturated carbocycles. The van der Waals surface area contributed by atoms with Gasteiger partial charge in [0.25, 0.3) is 5.69 Å². The molecule has 1 aromatic carbocycles. The highest BCUT2D eigenvalue weighted by Gasteiger charge is 2.27. The van der Waals surface area contributed by atoms with Crippen LogP contribution in [0.15, 0.2) is 29.3 Å². The van der Waals surface area contributed by atoms with Crippen molar-refractivity contribution in [1.29, 1.82) is 0 Å². The van der Waals surface area contributed by atoms with Gasteiger partial charge in [0.2, 0.25) is 17.7 Å². The van der Waals surface area contributed by atoms with E-state index in [1.807, 2.05) is 0 Å². The first kappa shape index (κ1) is 29.5. The highest BCUT2D eigenvalue weighted by atomic mass is 16.6. The molecule has 204 valence electrons. The third-order valence-corrected chi connectivity index (χ3v) is 6.32. The summed E-state index contributed by atoms with van der Waals surface area (Å²) in [4.78, 5) is 52.5. The van der Waals surface area contributed by atoms with Crippen LogP contribution < -0.4 is 33.2 Å². The Morgan fingerprint density at radius 2 is 1.70 bits per heavy atom. The van der Waals surface area contributed by atoms with E-state index >= 15 is 0 Å². The maximum absolute atomic E-state index is 12.9. The van der Waals surface area contributed by atoms with Gasteiger partial charge in [0, 0.05) is 24.4 Å². The molecule has 9 N–H and O–H groups in total. The summed E-state index contributed by atoms with van der Waals surface area (Å²) >= 11 is 0. The number of non-ortho nitro benzene ring substituents is 1. The number of anilines is 1. The average Bonchev–Trinajstić information content (AvgIpc) is 2.86. The van der Waals surface area contributed by atoms with Crippen molar-refractivity contribution in [2.24, 2.45) is 28.1 Å². The van der Waals surface area contributed by atoms with Gasteiger partial charge in [-0.2, -0.15) is 0 Å². The van der Waals surface area contributed by atoms with Gasteiger partial charge in [0.1, 0.15) is 12.1 Å². The summed E-state index contributed by atoms with van der Waals surface area (Å²) < 4.78 is 0. The Kier molecular flexibility index (Phi) is 11.7. The van der Waals surface area contributed by atoms with E-state index in [0.29, 0.717) is 24.4 Å². The van der Waals surface area contributed by atoms with Gasteiger partial charge in [-0.05, 0) is 44.2 Å². The molecule has 2 rings (SSSR count). The third kappa shape index (κ3) is 10.4. The van der Waals surface area contributed by atoms with Gasteiger partial charge >= 0.3 is 0 Å². The van der Waals surface area contributed by atoms with Crippen molar-refractivity contribution in [2.45, 2.75) is 76.4 Å². The lowest BCUT2D eigenvalue weighted by molar-refractivity contribution is -0.384. The Hall–Kier alpha value is -3.74. The molecule has 13 heteroatoms. The van der Waals surface area contributed by atoms with E-state index in [2.05, 4.69) is 20.9 Å². The molecule has 1 aromatic rings. The second kappa shape index (κ2) is 14.7. The van der Waals surface area contributed by atoms with Gasteiger partial charge in [-0.3, -0.25) is 29.5 Å². The number of hydrogen-bond acceptors (Lipinski definition) is 7. The zero-order valence-electron chi connectivity index (χ0n) is 21.2. The van der Waals surface area contributed by atoms with Crippen LogP contribution in [-0.2, 0) is 14.4 Å². The molecule has 3 amide bonds. The number of nitrogens with one attached hydrogen (secondary N) is 3. The van der Waals surface area contributed by atoms with Crippen molar-refractivity contribution in [1.82, 2.24) is 10.6 Å². The number of guanidine groups is 1. The van der Waals surface area contributed by atoms with Gasteiger partial charge in [-0.25, -0.2) is 0 Å². The Morgan fingerprint density at radius 1 is 1.05 bits per heavy atom. The predicted octanol–water partition coefficient (Wildman–Crippen LogP) is 0.874. The zero-order chi connectivity index (χ0) is 27.4. The van der Waals surface area contributed by atoms with Crippen molar-refractivity contribution in [2.75, 3.05) is 11.9 Å². The number of nitro groups is 1. The van der Waals surface area contributed by atoms with Crippen LogP contribution in [0.4, 0.5) is 11.4 Å². The van der Waals surface area contributed by atoms with Crippen LogP contribution in [0.2, 0.25) is 0 Å². The van der Waals surface area contributed by atoms with E-state index in [9.17, 15) is 24.5 Å². The Labute approximate surface area is 216 Å². The second-order valence-corrected chi connectivity index (χ2v) is 9.38. The summed E-state index contributed by atoms with van der Waals surface area (Å²) in [5, 5.41) is 18.8. The summed E-state index contributed by atoms with van der Waals surface area (Å²) in [7, 11) is 0. The van der Waals surface area contributed by atoms with E-state index < -0.39 is 40.8 Å². The number of nitrogens with zero attached hydrogens (tertiary/aromatic N) is 2. The van der Waals surface area contributed by atoms with Crippen molar-refractivity contribution >= 4 is 35.1 Å². The van der Waals surface area contributed by atoms with Crippen LogP contribution in [0.1, 0.15) is 58.3 Å². The van der Waals surface area contributed by atoms with E-state index in [0.717, 1.165) is 25.7 Å². The quantitative estimate of drug-likeness (QED) is 0.0721. The Morgan fingerprint density at radius 3 is 2.30 bits per heavy atom. The standard InChI is InChI=1S/C24H38N8O5/c1-15(29-22(34)19(25)14-16-6-3-2-4-7-16)21(33)31-20(8-5-13-28-24(26)27)23(35)30-17-9-11-18(12-10-17)32(36)37/h9-12,15-16,19-20H,2-8,13-14,25H2,1H3,(H,29,34)(H,30,35)(H,31,33)(H4,26,27,28)/t15-,19+,20-/m0/s1. The third-order valence-electron chi connectivity index (χ3n) is 6.32. The van der Waals surface area contributed by atoms with Crippen LogP contribution >= 0.6 is 0 Å². The highest BCUT2D eigenvalue weighted by molar-refractivity contribution is 5.98. The van der Waals surface area contributed by atoms with E-state index in [4.69, 9.17) is 17.2 Å².